The maximum absolute atomic E-state index is 12.5. The van der Waals surface area contributed by atoms with Crippen LogP contribution < -0.4 is 5.32 Å². The van der Waals surface area contributed by atoms with Crippen molar-refractivity contribution in [2.45, 2.75) is 6.54 Å². The van der Waals surface area contributed by atoms with Crippen molar-refractivity contribution in [1.82, 2.24) is 14.8 Å². The summed E-state index contributed by atoms with van der Waals surface area (Å²) in [6, 6.07) is 19.2. The maximum atomic E-state index is 12.5. The van der Waals surface area contributed by atoms with Crippen LogP contribution in [0.3, 0.4) is 0 Å². The number of carbonyl (C=O) groups is 1. The molecule has 1 aliphatic rings. The Balaban J connectivity index is 1.34. The van der Waals surface area contributed by atoms with Crippen molar-refractivity contribution in [3.05, 3.63) is 71.9 Å². The number of piperazine rings is 1. The van der Waals surface area contributed by atoms with E-state index in [1.165, 1.54) is 5.56 Å². The van der Waals surface area contributed by atoms with Crippen LogP contribution in [-0.2, 0) is 6.54 Å². The van der Waals surface area contributed by atoms with Gasteiger partial charge in [0, 0.05) is 50.0 Å². The lowest BCUT2D eigenvalue weighted by atomic mass is 10.1. The molecule has 1 saturated heterocycles. The lowest BCUT2D eigenvalue weighted by Gasteiger charge is -2.34. The first-order valence-corrected chi connectivity index (χ1v) is 9.34. The predicted molar refractivity (Wildman–Crippen MR) is 109 cm³/mol. The normalized spacial score (nSPS) is 14.6. The third-order valence-corrected chi connectivity index (χ3v) is 5.04. The number of benzene rings is 2. The fourth-order valence-electron chi connectivity index (χ4n) is 3.48. The SMILES string of the molecule is N#Cc1ccc(NC(=O)N2CCN(Cc3cccc4cccnc34)CC2)cc1. The van der Waals surface area contributed by atoms with Gasteiger partial charge in [0.2, 0.25) is 0 Å². The van der Waals surface area contributed by atoms with E-state index in [9.17, 15) is 4.79 Å². The van der Waals surface area contributed by atoms with Crippen molar-refractivity contribution >= 4 is 22.6 Å². The highest BCUT2D eigenvalue weighted by molar-refractivity contribution is 5.89. The number of nitrogens with zero attached hydrogens (tertiary/aromatic N) is 4. The molecule has 6 nitrogen and oxygen atoms in total. The number of nitriles is 1. The molecular formula is C22H21N5O. The molecule has 0 radical (unpaired) electrons. The summed E-state index contributed by atoms with van der Waals surface area (Å²) in [5.74, 6) is 0. The summed E-state index contributed by atoms with van der Waals surface area (Å²) in [5, 5.41) is 12.9. The van der Waals surface area contributed by atoms with Crippen LogP contribution >= 0.6 is 0 Å². The number of urea groups is 1. The summed E-state index contributed by atoms with van der Waals surface area (Å²) in [5.41, 5.74) is 3.54. The van der Waals surface area contributed by atoms with E-state index in [0.717, 1.165) is 30.5 Å². The van der Waals surface area contributed by atoms with Crippen molar-refractivity contribution in [2.75, 3.05) is 31.5 Å². The van der Waals surface area contributed by atoms with Crippen LogP contribution in [0.5, 0.6) is 0 Å². The fourth-order valence-corrected chi connectivity index (χ4v) is 3.48. The summed E-state index contributed by atoms with van der Waals surface area (Å²) in [7, 11) is 0. The highest BCUT2D eigenvalue weighted by atomic mass is 16.2. The zero-order chi connectivity index (χ0) is 19.3. The molecule has 0 aliphatic carbocycles. The van der Waals surface area contributed by atoms with E-state index in [2.05, 4.69) is 45.5 Å². The number of hydrogen-bond acceptors (Lipinski definition) is 4. The molecule has 0 saturated carbocycles. The molecule has 1 fully saturated rings. The Bertz CT molecular complexity index is 1010. The first-order valence-electron chi connectivity index (χ1n) is 9.34. The van der Waals surface area contributed by atoms with Gasteiger partial charge in [0.25, 0.3) is 0 Å². The van der Waals surface area contributed by atoms with Gasteiger partial charge in [-0.25, -0.2) is 4.79 Å². The van der Waals surface area contributed by atoms with E-state index in [1.54, 1.807) is 24.3 Å². The second-order valence-corrected chi connectivity index (χ2v) is 6.87. The number of pyridine rings is 1. The van der Waals surface area contributed by atoms with Gasteiger partial charge in [-0.3, -0.25) is 9.88 Å². The van der Waals surface area contributed by atoms with Crippen LogP contribution in [0, 0.1) is 11.3 Å². The molecule has 0 atom stereocenters. The first-order chi connectivity index (χ1) is 13.7. The Kier molecular flexibility index (Phi) is 5.18. The minimum atomic E-state index is -0.101. The number of carbonyl (C=O) groups excluding carboxylic acids is 1. The van der Waals surface area contributed by atoms with Gasteiger partial charge in [-0.05, 0) is 35.9 Å². The van der Waals surface area contributed by atoms with Crippen LogP contribution in [0.2, 0.25) is 0 Å². The molecule has 140 valence electrons. The second kappa shape index (κ2) is 8.07. The number of amides is 2. The summed E-state index contributed by atoms with van der Waals surface area (Å²) in [6.45, 7) is 3.84. The molecule has 28 heavy (non-hydrogen) atoms. The Morgan fingerprint density at radius 1 is 1.04 bits per heavy atom. The van der Waals surface area contributed by atoms with Gasteiger partial charge in [-0.1, -0.05) is 24.3 Å². The molecule has 2 aromatic carbocycles. The lowest BCUT2D eigenvalue weighted by Crippen LogP contribution is -2.49. The Labute approximate surface area is 164 Å². The van der Waals surface area contributed by atoms with Crippen molar-refractivity contribution in [3.8, 4) is 6.07 Å². The number of anilines is 1. The Morgan fingerprint density at radius 2 is 1.79 bits per heavy atom. The largest absolute Gasteiger partial charge is 0.322 e. The highest BCUT2D eigenvalue weighted by Crippen LogP contribution is 2.19. The fraction of sp³-hybridized carbons (Fsp3) is 0.227. The average molecular weight is 371 g/mol. The number of aromatic nitrogens is 1. The summed E-state index contributed by atoms with van der Waals surface area (Å²) >= 11 is 0. The zero-order valence-electron chi connectivity index (χ0n) is 15.5. The van der Waals surface area contributed by atoms with Crippen LogP contribution in [0.4, 0.5) is 10.5 Å². The zero-order valence-corrected chi connectivity index (χ0v) is 15.5. The second-order valence-electron chi connectivity index (χ2n) is 6.87. The molecule has 2 amide bonds. The minimum Gasteiger partial charge on any atom is -0.322 e. The summed E-state index contributed by atoms with van der Waals surface area (Å²) < 4.78 is 0. The minimum absolute atomic E-state index is 0.101. The Hall–Kier alpha value is -3.43. The molecule has 4 rings (SSSR count). The van der Waals surface area contributed by atoms with E-state index in [4.69, 9.17) is 5.26 Å². The molecule has 6 heteroatoms. The van der Waals surface area contributed by atoms with E-state index in [1.807, 2.05) is 17.2 Å². The molecule has 1 aliphatic heterocycles. The Morgan fingerprint density at radius 3 is 2.54 bits per heavy atom. The molecular weight excluding hydrogens is 350 g/mol. The van der Waals surface area contributed by atoms with Crippen LogP contribution in [0.25, 0.3) is 10.9 Å². The van der Waals surface area contributed by atoms with Gasteiger partial charge in [0.15, 0.2) is 0 Å². The maximum Gasteiger partial charge on any atom is 0.321 e. The molecule has 0 spiro atoms. The van der Waals surface area contributed by atoms with Gasteiger partial charge < -0.3 is 10.2 Å². The first kappa shape index (κ1) is 18.0. The monoisotopic (exact) mass is 371 g/mol. The van der Waals surface area contributed by atoms with Crippen LogP contribution in [-0.4, -0.2) is 47.0 Å². The van der Waals surface area contributed by atoms with E-state index in [0.29, 0.717) is 24.3 Å². The predicted octanol–water partition coefficient (Wildman–Crippen LogP) is 3.46. The number of para-hydroxylation sites is 1. The molecule has 2 heterocycles. The summed E-state index contributed by atoms with van der Waals surface area (Å²) in [6.07, 6.45) is 1.83. The molecule has 3 aromatic rings. The molecule has 0 unspecified atom stereocenters. The summed E-state index contributed by atoms with van der Waals surface area (Å²) in [4.78, 5) is 21.2. The number of rotatable bonds is 3. The smallest absolute Gasteiger partial charge is 0.321 e. The van der Waals surface area contributed by atoms with Gasteiger partial charge in [0.05, 0.1) is 17.1 Å². The van der Waals surface area contributed by atoms with Crippen molar-refractivity contribution in [3.63, 3.8) is 0 Å². The average Bonchev–Trinajstić information content (AvgIpc) is 2.75. The van der Waals surface area contributed by atoms with Crippen LogP contribution in [0.15, 0.2) is 60.8 Å². The van der Waals surface area contributed by atoms with Gasteiger partial charge in [-0.2, -0.15) is 5.26 Å². The highest BCUT2D eigenvalue weighted by Gasteiger charge is 2.21. The van der Waals surface area contributed by atoms with E-state index < -0.39 is 0 Å². The standard InChI is InChI=1S/C22H21N5O/c23-15-17-6-8-20(9-7-17)25-22(28)27-13-11-26(12-14-27)16-19-4-1-3-18-5-2-10-24-21(18)19/h1-10H,11-14,16H2,(H,25,28). The van der Waals surface area contributed by atoms with E-state index in [-0.39, 0.29) is 6.03 Å². The lowest BCUT2D eigenvalue weighted by molar-refractivity contribution is 0.143. The van der Waals surface area contributed by atoms with Crippen LogP contribution in [0.1, 0.15) is 11.1 Å². The van der Waals surface area contributed by atoms with Crippen molar-refractivity contribution in [2.24, 2.45) is 0 Å². The number of fused-ring (bicyclic) bond motifs is 1. The molecule has 1 N–H and O–H groups in total. The number of nitrogens with one attached hydrogen (secondary N) is 1. The van der Waals surface area contributed by atoms with Crippen molar-refractivity contribution < 1.29 is 4.79 Å². The molecule has 1 aromatic heterocycles. The van der Waals surface area contributed by atoms with E-state index >= 15 is 0 Å². The van der Waals surface area contributed by atoms with Gasteiger partial charge in [0.1, 0.15) is 0 Å². The van der Waals surface area contributed by atoms with Crippen molar-refractivity contribution in [1.29, 1.82) is 5.26 Å². The topological polar surface area (TPSA) is 72.3 Å². The third kappa shape index (κ3) is 3.95. The molecule has 0 bridgehead atoms. The van der Waals surface area contributed by atoms with Gasteiger partial charge >= 0.3 is 6.03 Å². The van der Waals surface area contributed by atoms with Gasteiger partial charge in [-0.15, -0.1) is 0 Å². The third-order valence-electron chi connectivity index (χ3n) is 5.04. The quantitative estimate of drug-likeness (QED) is 0.765. The number of hydrogen-bond donors (Lipinski definition) is 1.